The van der Waals surface area contributed by atoms with Gasteiger partial charge in [0.25, 0.3) is 0 Å². The van der Waals surface area contributed by atoms with E-state index in [2.05, 4.69) is 26.1 Å². The van der Waals surface area contributed by atoms with Crippen LogP contribution in [0.3, 0.4) is 0 Å². The number of rotatable bonds is 6. The number of nitrogens with one attached hydrogen (secondary N) is 1. The number of benzene rings is 2. The number of anilines is 1. The van der Waals surface area contributed by atoms with E-state index in [-0.39, 0.29) is 17.8 Å². The van der Waals surface area contributed by atoms with Gasteiger partial charge in [0.05, 0.1) is 13.7 Å². The minimum Gasteiger partial charge on any atom is -0.508 e. The summed E-state index contributed by atoms with van der Waals surface area (Å²) in [5.41, 5.74) is 2.13. The first-order valence-electron chi connectivity index (χ1n) is 8.67. The average molecular weight is 357 g/mol. The van der Waals surface area contributed by atoms with Crippen molar-refractivity contribution in [1.29, 1.82) is 0 Å². The van der Waals surface area contributed by atoms with E-state index in [1.165, 1.54) is 0 Å². The topological polar surface area (TPSA) is 67.8 Å². The Morgan fingerprint density at radius 3 is 2.35 bits per heavy atom. The highest BCUT2D eigenvalue weighted by Crippen LogP contribution is 2.33. The van der Waals surface area contributed by atoms with Gasteiger partial charge < -0.3 is 19.9 Å². The first-order valence-corrected chi connectivity index (χ1v) is 8.67. The van der Waals surface area contributed by atoms with E-state index in [0.29, 0.717) is 5.56 Å². The quantitative estimate of drug-likeness (QED) is 0.749. The molecule has 0 spiro atoms. The number of hydrogen-bond donors (Lipinski definition) is 2. The monoisotopic (exact) mass is 357 g/mol. The molecule has 140 valence electrons. The smallest absolute Gasteiger partial charge is 0.333 e. The van der Waals surface area contributed by atoms with Crippen LogP contribution in [-0.2, 0) is 14.9 Å². The van der Waals surface area contributed by atoms with Crippen LogP contribution in [0.25, 0.3) is 0 Å². The van der Waals surface area contributed by atoms with Crippen LogP contribution in [0, 0.1) is 0 Å². The maximum absolute atomic E-state index is 12.6. The third-order valence-electron chi connectivity index (χ3n) is 4.13. The summed E-state index contributed by atoms with van der Waals surface area (Å²) in [6, 6.07) is 11.8. The molecule has 0 radical (unpaired) electrons. The number of hydrogen-bond acceptors (Lipinski definition) is 5. The summed E-state index contributed by atoms with van der Waals surface area (Å²) in [6.45, 7) is 8.27. The Hall–Kier alpha value is -2.69. The SMILES string of the molecule is CCOC(=O)[C@@H](Nc1ccc(OC)cc1)c1cc(C(C)(C)C)ccc1O. The second-order valence-corrected chi connectivity index (χ2v) is 7.08. The van der Waals surface area contributed by atoms with Crippen molar-refractivity contribution in [2.24, 2.45) is 0 Å². The van der Waals surface area contributed by atoms with E-state index in [9.17, 15) is 9.90 Å². The lowest BCUT2D eigenvalue weighted by Gasteiger charge is -2.24. The number of methoxy groups -OCH3 is 1. The largest absolute Gasteiger partial charge is 0.508 e. The lowest BCUT2D eigenvalue weighted by molar-refractivity contribution is -0.144. The summed E-state index contributed by atoms with van der Waals surface area (Å²) < 4.78 is 10.4. The van der Waals surface area contributed by atoms with Gasteiger partial charge in [-0.25, -0.2) is 4.79 Å². The van der Waals surface area contributed by atoms with Crippen molar-refractivity contribution >= 4 is 11.7 Å². The van der Waals surface area contributed by atoms with Crippen LogP contribution in [-0.4, -0.2) is 24.8 Å². The molecule has 0 aliphatic rings. The zero-order valence-corrected chi connectivity index (χ0v) is 16.0. The van der Waals surface area contributed by atoms with Crippen molar-refractivity contribution in [2.45, 2.75) is 39.2 Å². The molecule has 0 heterocycles. The highest BCUT2D eigenvalue weighted by Gasteiger charge is 2.27. The molecule has 0 saturated heterocycles. The van der Waals surface area contributed by atoms with Crippen LogP contribution < -0.4 is 10.1 Å². The van der Waals surface area contributed by atoms with Gasteiger partial charge in [-0.15, -0.1) is 0 Å². The van der Waals surface area contributed by atoms with Gasteiger partial charge in [0, 0.05) is 11.3 Å². The molecule has 2 N–H and O–H groups in total. The maximum Gasteiger partial charge on any atom is 0.333 e. The van der Waals surface area contributed by atoms with Crippen LogP contribution in [0.1, 0.15) is 44.9 Å². The molecule has 1 atom stereocenters. The number of esters is 1. The van der Waals surface area contributed by atoms with E-state index in [1.54, 1.807) is 32.2 Å². The Morgan fingerprint density at radius 2 is 1.81 bits per heavy atom. The van der Waals surface area contributed by atoms with Crippen LogP contribution in [0.5, 0.6) is 11.5 Å². The van der Waals surface area contributed by atoms with E-state index in [0.717, 1.165) is 17.0 Å². The van der Waals surface area contributed by atoms with E-state index in [1.807, 2.05) is 24.3 Å². The zero-order chi connectivity index (χ0) is 19.3. The fraction of sp³-hybridized carbons (Fsp3) is 0.381. The van der Waals surface area contributed by atoms with Crippen LogP contribution in [0.15, 0.2) is 42.5 Å². The molecule has 0 aromatic heterocycles. The molecule has 26 heavy (non-hydrogen) atoms. The third kappa shape index (κ3) is 4.69. The molecule has 2 aromatic carbocycles. The highest BCUT2D eigenvalue weighted by molar-refractivity contribution is 5.82. The molecule has 0 unspecified atom stereocenters. The summed E-state index contributed by atoms with van der Waals surface area (Å²) in [5.74, 6) is 0.336. The van der Waals surface area contributed by atoms with Gasteiger partial charge in [-0.3, -0.25) is 0 Å². The van der Waals surface area contributed by atoms with E-state index < -0.39 is 12.0 Å². The third-order valence-corrected chi connectivity index (χ3v) is 4.13. The molecule has 0 bridgehead atoms. The Morgan fingerprint density at radius 1 is 1.15 bits per heavy atom. The predicted octanol–water partition coefficient (Wildman–Crippen LogP) is 4.41. The Labute approximate surface area is 155 Å². The highest BCUT2D eigenvalue weighted by atomic mass is 16.5. The second kappa shape index (κ2) is 8.13. The molecule has 2 aromatic rings. The number of ether oxygens (including phenoxy) is 2. The minimum absolute atomic E-state index is 0.0528. The molecule has 0 aliphatic carbocycles. The summed E-state index contributed by atoms with van der Waals surface area (Å²) in [6.07, 6.45) is 0. The minimum atomic E-state index is -0.814. The van der Waals surface area contributed by atoms with Crippen LogP contribution >= 0.6 is 0 Å². The number of phenolic OH excluding ortho intramolecular Hbond substituents is 1. The Bertz CT molecular complexity index is 748. The first kappa shape index (κ1) is 19.6. The molecule has 5 heteroatoms. The predicted molar refractivity (Wildman–Crippen MR) is 103 cm³/mol. The van der Waals surface area contributed by atoms with Crippen molar-refractivity contribution in [3.05, 3.63) is 53.6 Å². The number of phenols is 1. The fourth-order valence-corrected chi connectivity index (χ4v) is 2.60. The summed E-state index contributed by atoms with van der Waals surface area (Å²) in [4.78, 5) is 12.6. The number of carbonyl (C=O) groups excluding carboxylic acids is 1. The Kier molecular flexibility index (Phi) is 6.14. The summed E-state index contributed by atoms with van der Waals surface area (Å²) in [5, 5.41) is 13.5. The van der Waals surface area contributed by atoms with Crippen molar-refractivity contribution in [2.75, 3.05) is 19.0 Å². The normalized spacial score (nSPS) is 12.3. The van der Waals surface area contributed by atoms with E-state index >= 15 is 0 Å². The lowest BCUT2D eigenvalue weighted by Crippen LogP contribution is -2.24. The molecule has 0 saturated carbocycles. The lowest BCUT2D eigenvalue weighted by atomic mass is 9.85. The summed E-state index contributed by atoms with van der Waals surface area (Å²) in [7, 11) is 1.60. The molecule has 0 fully saturated rings. The number of carbonyl (C=O) groups is 1. The maximum atomic E-state index is 12.6. The molecular formula is C21H27NO4. The molecule has 2 rings (SSSR count). The van der Waals surface area contributed by atoms with Gasteiger partial charge in [0.1, 0.15) is 11.5 Å². The first-order chi connectivity index (χ1) is 12.3. The van der Waals surface area contributed by atoms with Gasteiger partial charge in [0.15, 0.2) is 6.04 Å². The molecule has 0 amide bonds. The van der Waals surface area contributed by atoms with Gasteiger partial charge in [-0.2, -0.15) is 0 Å². The van der Waals surface area contributed by atoms with Gasteiger partial charge >= 0.3 is 5.97 Å². The Balaban J connectivity index is 2.42. The number of aromatic hydroxyl groups is 1. The van der Waals surface area contributed by atoms with Crippen molar-refractivity contribution in [1.82, 2.24) is 0 Å². The van der Waals surface area contributed by atoms with E-state index in [4.69, 9.17) is 9.47 Å². The van der Waals surface area contributed by atoms with Gasteiger partial charge in [-0.05, 0) is 54.3 Å². The zero-order valence-electron chi connectivity index (χ0n) is 16.0. The van der Waals surface area contributed by atoms with Crippen molar-refractivity contribution in [3.63, 3.8) is 0 Å². The molecular weight excluding hydrogens is 330 g/mol. The second-order valence-electron chi connectivity index (χ2n) is 7.08. The van der Waals surface area contributed by atoms with Crippen LogP contribution in [0.2, 0.25) is 0 Å². The van der Waals surface area contributed by atoms with Crippen molar-refractivity contribution in [3.8, 4) is 11.5 Å². The van der Waals surface area contributed by atoms with Crippen LogP contribution in [0.4, 0.5) is 5.69 Å². The standard InChI is InChI=1S/C21H27NO4/c1-6-26-20(24)19(22-15-8-10-16(25-5)11-9-15)17-13-14(21(2,3)4)7-12-18(17)23/h7-13,19,22-23H,6H2,1-5H3/t19-/m0/s1. The fourth-order valence-electron chi connectivity index (χ4n) is 2.60. The summed E-state index contributed by atoms with van der Waals surface area (Å²) >= 11 is 0. The van der Waals surface area contributed by atoms with Gasteiger partial charge in [0.2, 0.25) is 0 Å². The molecule has 0 aliphatic heterocycles. The van der Waals surface area contributed by atoms with Gasteiger partial charge in [-0.1, -0.05) is 26.8 Å². The molecule has 5 nitrogen and oxygen atoms in total. The van der Waals surface area contributed by atoms with Crippen molar-refractivity contribution < 1.29 is 19.4 Å². The average Bonchev–Trinajstić information content (AvgIpc) is 2.60.